The van der Waals surface area contributed by atoms with E-state index in [-0.39, 0.29) is 29.2 Å². The molecule has 0 spiro atoms. The topological polar surface area (TPSA) is 89.1 Å². The summed E-state index contributed by atoms with van der Waals surface area (Å²) < 4.78 is 17.1. The van der Waals surface area contributed by atoms with Gasteiger partial charge >= 0.3 is 0 Å². The number of hydrogen-bond acceptors (Lipinski definition) is 5. The number of piperidine rings is 1. The van der Waals surface area contributed by atoms with Crippen LogP contribution in [0.5, 0.6) is 17.2 Å². The number of hydrogen-bond donors (Lipinski definition) is 4. The third kappa shape index (κ3) is 3.28. The van der Waals surface area contributed by atoms with E-state index in [4.69, 9.17) is 0 Å². The fraction of sp³-hybridized carbons (Fsp3) is 0.517. The summed E-state index contributed by atoms with van der Waals surface area (Å²) in [6.45, 7) is 2.72. The van der Waals surface area contributed by atoms with Gasteiger partial charge in [0.1, 0.15) is 0 Å². The van der Waals surface area contributed by atoms with Crippen LogP contribution in [-0.4, -0.2) is 54.6 Å². The summed E-state index contributed by atoms with van der Waals surface area (Å²) >= 11 is 0. The van der Waals surface area contributed by atoms with Crippen LogP contribution in [0.1, 0.15) is 48.1 Å². The molecular weight excluding hydrogens is 459 g/mol. The first-order valence-corrected chi connectivity index (χ1v) is 13.3. The molecule has 0 bridgehead atoms. The molecule has 2 aliphatic heterocycles. The first-order chi connectivity index (χ1) is 17.3. The third-order valence-electron chi connectivity index (χ3n) is 9.43. The van der Waals surface area contributed by atoms with Gasteiger partial charge < -0.3 is 25.0 Å². The highest BCUT2D eigenvalue weighted by Gasteiger charge is 2.53. The molecule has 2 fully saturated rings. The monoisotopic (exact) mass is 492 g/mol. The maximum Gasteiger partial charge on any atom is 0.165 e. The van der Waals surface area contributed by atoms with Crippen LogP contribution in [0.25, 0.3) is 10.9 Å². The minimum Gasteiger partial charge on any atom is -0.504 e. The number of aryl methyl sites for hydroxylation is 2. The van der Waals surface area contributed by atoms with Crippen molar-refractivity contribution in [1.82, 2.24) is 9.47 Å². The average molecular weight is 493 g/mol. The van der Waals surface area contributed by atoms with Gasteiger partial charge in [0.05, 0.1) is 11.1 Å². The largest absolute Gasteiger partial charge is 0.504 e. The Hall–Kier alpha value is -2.77. The van der Waals surface area contributed by atoms with Gasteiger partial charge in [-0.1, -0.05) is 6.07 Å². The van der Waals surface area contributed by atoms with Crippen LogP contribution in [-0.2, 0) is 32.2 Å². The zero-order valence-electron chi connectivity index (χ0n) is 20.4. The van der Waals surface area contributed by atoms with E-state index in [1.165, 1.54) is 25.0 Å². The van der Waals surface area contributed by atoms with E-state index in [1.54, 1.807) is 6.07 Å². The number of phenolic OH excluding ortho intramolecular Hbond substituents is 3. The van der Waals surface area contributed by atoms with Gasteiger partial charge in [0.25, 0.3) is 0 Å². The van der Waals surface area contributed by atoms with Crippen LogP contribution < -0.4 is 0 Å². The number of phenols is 3. The number of rotatable bonds is 4. The standard InChI is InChI=1S/C29H33FN2O4/c30-21-12-18-2-1-8-32-22-13-19-7-9-31(15-16-3-4-16)25(11-17-5-6-23(33)24(34)10-17)29(19,36)14-20(22)26(27(18)32)28(21)35/h5-6,10,12,16,19,25,33-36H,1-4,7-9,11,13-15H2. The van der Waals surface area contributed by atoms with Crippen molar-refractivity contribution in [2.45, 2.75) is 69.6 Å². The van der Waals surface area contributed by atoms with Crippen LogP contribution in [0.4, 0.5) is 4.39 Å². The maximum absolute atomic E-state index is 14.8. The predicted molar refractivity (Wildman–Crippen MR) is 134 cm³/mol. The van der Waals surface area contributed by atoms with E-state index in [9.17, 15) is 24.8 Å². The lowest BCUT2D eigenvalue weighted by Gasteiger charge is -2.54. The second-order valence-electron chi connectivity index (χ2n) is 11.6. The van der Waals surface area contributed by atoms with Crippen LogP contribution >= 0.6 is 0 Å². The Bertz CT molecular complexity index is 1380. The number of aliphatic hydroxyl groups is 1. The highest BCUT2D eigenvalue weighted by Crippen LogP contribution is 2.50. The molecular formula is C29H33FN2O4. The van der Waals surface area contributed by atoms with Crippen LogP contribution in [0.2, 0.25) is 0 Å². The molecule has 3 atom stereocenters. The molecule has 0 amide bonds. The lowest BCUT2D eigenvalue weighted by atomic mass is 9.65. The molecule has 1 saturated carbocycles. The van der Waals surface area contributed by atoms with Gasteiger partial charge in [-0.25, -0.2) is 4.39 Å². The minimum atomic E-state index is -1.04. The van der Waals surface area contributed by atoms with Crippen LogP contribution in [0, 0.1) is 17.7 Å². The molecule has 7 heteroatoms. The van der Waals surface area contributed by atoms with Crippen LogP contribution in [0.15, 0.2) is 24.3 Å². The molecule has 3 heterocycles. The zero-order valence-corrected chi connectivity index (χ0v) is 20.4. The number of fused-ring (bicyclic) bond motifs is 4. The normalized spacial score (nSPS) is 27.7. The van der Waals surface area contributed by atoms with E-state index >= 15 is 0 Å². The maximum atomic E-state index is 14.8. The van der Waals surface area contributed by atoms with Crippen molar-refractivity contribution in [3.63, 3.8) is 0 Å². The molecule has 2 aliphatic carbocycles. The van der Waals surface area contributed by atoms with E-state index in [0.29, 0.717) is 24.1 Å². The molecule has 4 N–H and O–H groups in total. The van der Waals surface area contributed by atoms with Crippen molar-refractivity contribution in [3.8, 4) is 17.2 Å². The van der Waals surface area contributed by atoms with E-state index in [1.807, 2.05) is 6.07 Å². The third-order valence-corrected chi connectivity index (χ3v) is 9.43. The Balaban J connectivity index is 1.35. The molecule has 36 heavy (non-hydrogen) atoms. The highest BCUT2D eigenvalue weighted by atomic mass is 19.1. The Morgan fingerprint density at radius 3 is 2.64 bits per heavy atom. The van der Waals surface area contributed by atoms with E-state index in [0.717, 1.165) is 73.2 Å². The molecule has 1 saturated heterocycles. The first-order valence-electron chi connectivity index (χ1n) is 13.3. The molecule has 190 valence electrons. The second-order valence-corrected chi connectivity index (χ2v) is 11.6. The van der Waals surface area contributed by atoms with Gasteiger partial charge in [-0.05, 0) is 98.2 Å². The Labute approximate surface area is 209 Å². The molecule has 4 aliphatic rings. The van der Waals surface area contributed by atoms with Gasteiger partial charge in [0, 0.05) is 36.6 Å². The van der Waals surface area contributed by atoms with Gasteiger partial charge in [0.15, 0.2) is 23.1 Å². The quantitative estimate of drug-likeness (QED) is 0.413. The molecule has 1 aromatic heterocycles. The first kappa shape index (κ1) is 22.4. The average Bonchev–Trinajstić information content (AvgIpc) is 3.61. The summed E-state index contributed by atoms with van der Waals surface area (Å²) in [7, 11) is 0. The fourth-order valence-corrected chi connectivity index (χ4v) is 7.46. The summed E-state index contributed by atoms with van der Waals surface area (Å²) in [4.78, 5) is 2.42. The molecule has 3 unspecified atom stereocenters. The number of benzene rings is 2. The SMILES string of the molecule is Oc1ccc(CC2N(CC3CC3)CCC3Cc4c(c5c(O)c(F)cc6c5n4CCC6)CC32O)cc1O. The summed E-state index contributed by atoms with van der Waals surface area (Å²) in [5, 5.41) is 43.9. The molecule has 7 rings (SSSR count). The number of aromatic hydroxyl groups is 3. The number of halogens is 1. The summed E-state index contributed by atoms with van der Waals surface area (Å²) in [5.74, 6) is -0.448. The lowest BCUT2D eigenvalue weighted by molar-refractivity contribution is -0.126. The van der Waals surface area contributed by atoms with Crippen LogP contribution in [0.3, 0.4) is 0 Å². The number of aromatic nitrogens is 1. The van der Waals surface area contributed by atoms with E-state index in [2.05, 4.69) is 9.47 Å². The van der Waals surface area contributed by atoms with Crippen molar-refractivity contribution in [2.75, 3.05) is 13.1 Å². The smallest absolute Gasteiger partial charge is 0.165 e. The van der Waals surface area contributed by atoms with Crippen molar-refractivity contribution >= 4 is 10.9 Å². The molecule has 0 radical (unpaired) electrons. The van der Waals surface area contributed by atoms with Gasteiger partial charge in [-0.2, -0.15) is 0 Å². The zero-order chi connectivity index (χ0) is 24.8. The minimum absolute atomic E-state index is 0.0640. The molecule has 2 aromatic carbocycles. The van der Waals surface area contributed by atoms with E-state index < -0.39 is 11.4 Å². The number of nitrogens with zero attached hydrogens (tertiary/aromatic N) is 2. The van der Waals surface area contributed by atoms with Gasteiger partial charge in [-0.3, -0.25) is 4.90 Å². The fourth-order valence-electron chi connectivity index (χ4n) is 7.46. The van der Waals surface area contributed by atoms with Gasteiger partial charge in [0.2, 0.25) is 0 Å². The van der Waals surface area contributed by atoms with Crippen molar-refractivity contribution in [3.05, 3.63) is 52.5 Å². The van der Waals surface area contributed by atoms with Crippen molar-refractivity contribution < 1.29 is 24.8 Å². The van der Waals surface area contributed by atoms with Gasteiger partial charge in [-0.15, -0.1) is 0 Å². The van der Waals surface area contributed by atoms with Crippen molar-refractivity contribution in [2.24, 2.45) is 11.8 Å². The summed E-state index contributed by atoms with van der Waals surface area (Å²) in [6, 6.07) is 6.22. The number of likely N-dealkylation sites (tertiary alicyclic amines) is 1. The Kier molecular flexibility index (Phi) is 4.90. The molecule has 6 nitrogen and oxygen atoms in total. The summed E-state index contributed by atoms with van der Waals surface area (Å²) in [5.41, 5.74) is 3.77. The van der Waals surface area contributed by atoms with Crippen molar-refractivity contribution in [1.29, 1.82) is 0 Å². The molecule has 3 aromatic rings. The second kappa shape index (κ2) is 7.86. The predicted octanol–water partition coefficient (Wildman–Crippen LogP) is 4.02. The summed E-state index contributed by atoms with van der Waals surface area (Å²) in [6.07, 6.45) is 6.73. The Morgan fingerprint density at radius 2 is 1.86 bits per heavy atom. The Morgan fingerprint density at radius 1 is 1.03 bits per heavy atom. The highest BCUT2D eigenvalue weighted by molar-refractivity contribution is 5.94. The lowest BCUT2D eigenvalue weighted by Crippen LogP contribution is -2.65.